The maximum absolute atomic E-state index is 9.24. The molecule has 0 amide bonds. The van der Waals surface area contributed by atoms with Crippen molar-refractivity contribution in [3.63, 3.8) is 0 Å². The Morgan fingerprint density at radius 1 is 0.950 bits per heavy atom. The molecule has 0 aromatic heterocycles. The zero-order valence-electron chi connectivity index (χ0n) is 10.4. The molecule has 3 aromatic carbocycles. The number of halogens is 1. The number of hydrogen-bond donors (Lipinski definition) is 0. The summed E-state index contributed by atoms with van der Waals surface area (Å²) in [5, 5.41) is 11.8. The Morgan fingerprint density at radius 3 is 2.65 bits per heavy atom. The SMILES string of the molecule is N#Cc1ccc2c3c(cccc13)-c1cc(Cl)ccc1O2. The standard InChI is InChI=1S/C17H8ClNO/c18-11-5-7-15-14(8-11)13-3-1-2-12-10(9-19)4-6-16(20-15)17(12)13/h1-8H. The Hall–Kier alpha value is -2.50. The summed E-state index contributed by atoms with van der Waals surface area (Å²) in [4.78, 5) is 0. The van der Waals surface area contributed by atoms with E-state index in [0.29, 0.717) is 10.6 Å². The lowest BCUT2D eigenvalue weighted by Gasteiger charge is -2.21. The van der Waals surface area contributed by atoms with Gasteiger partial charge < -0.3 is 4.74 Å². The van der Waals surface area contributed by atoms with Crippen molar-refractivity contribution >= 4 is 22.4 Å². The smallest absolute Gasteiger partial charge is 0.136 e. The van der Waals surface area contributed by atoms with E-state index in [1.54, 1.807) is 6.07 Å². The van der Waals surface area contributed by atoms with Gasteiger partial charge in [-0.25, -0.2) is 0 Å². The summed E-state index contributed by atoms with van der Waals surface area (Å²) in [6, 6.07) is 17.4. The highest BCUT2D eigenvalue weighted by Crippen LogP contribution is 2.47. The third kappa shape index (κ3) is 1.44. The van der Waals surface area contributed by atoms with Gasteiger partial charge in [0.05, 0.1) is 11.6 Å². The molecule has 3 heteroatoms. The maximum atomic E-state index is 9.24. The van der Waals surface area contributed by atoms with Gasteiger partial charge >= 0.3 is 0 Å². The number of ether oxygens (including phenoxy) is 1. The van der Waals surface area contributed by atoms with Gasteiger partial charge in [0.1, 0.15) is 11.5 Å². The Labute approximate surface area is 120 Å². The molecule has 0 bridgehead atoms. The molecule has 0 saturated heterocycles. The molecule has 20 heavy (non-hydrogen) atoms. The van der Waals surface area contributed by atoms with Crippen molar-refractivity contribution in [3.05, 3.63) is 59.1 Å². The number of fused-ring (bicyclic) bond motifs is 2. The fourth-order valence-electron chi connectivity index (χ4n) is 2.70. The first-order chi connectivity index (χ1) is 9.78. The van der Waals surface area contributed by atoms with Crippen LogP contribution in [0.25, 0.3) is 21.9 Å². The van der Waals surface area contributed by atoms with Crippen molar-refractivity contribution < 1.29 is 4.74 Å². The van der Waals surface area contributed by atoms with Crippen molar-refractivity contribution in [3.8, 4) is 28.7 Å². The van der Waals surface area contributed by atoms with Gasteiger partial charge in [-0.05, 0) is 35.9 Å². The highest BCUT2D eigenvalue weighted by Gasteiger charge is 2.21. The van der Waals surface area contributed by atoms with E-state index in [9.17, 15) is 5.26 Å². The highest BCUT2D eigenvalue weighted by atomic mass is 35.5. The Kier molecular flexibility index (Phi) is 2.26. The minimum atomic E-state index is 0.652. The largest absolute Gasteiger partial charge is 0.456 e. The third-order valence-corrected chi connectivity index (χ3v) is 3.81. The lowest BCUT2D eigenvalue weighted by molar-refractivity contribution is 0.487. The van der Waals surface area contributed by atoms with Gasteiger partial charge in [0.15, 0.2) is 0 Å². The lowest BCUT2D eigenvalue weighted by Crippen LogP contribution is -1.97. The fraction of sp³-hybridized carbons (Fsp3) is 0. The van der Waals surface area contributed by atoms with Crippen LogP contribution in [-0.2, 0) is 0 Å². The molecule has 1 heterocycles. The quantitative estimate of drug-likeness (QED) is 0.446. The van der Waals surface area contributed by atoms with Crippen LogP contribution in [-0.4, -0.2) is 0 Å². The second-order valence-corrected chi connectivity index (χ2v) is 5.13. The number of hydrogen-bond acceptors (Lipinski definition) is 2. The minimum Gasteiger partial charge on any atom is -0.456 e. The molecule has 0 N–H and O–H groups in total. The van der Waals surface area contributed by atoms with E-state index in [4.69, 9.17) is 16.3 Å². The molecule has 3 aromatic rings. The summed E-state index contributed by atoms with van der Waals surface area (Å²) < 4.78 is 5.94. The van der Waals surface area contributed by atoms with Gasteiger partial charge in [-0.3, -0.25) is 0 Å². The summed E-state index contributed by atoms with van der Waals surface area (Å²) in [7, 11) is 0. The Balaban J connectivity index is 2.18. The van der Waals surface area contributed by atoms with Gasteiger partial charge in [0, 0.05) is 21.4 Å². The van der Waals surface area contributed by atoms with Crippen molar-refractivity contribution in [2.75, 3.05) is 0 Å². The van der Waals surface area contributed by atoms with E-state index in [2.05, 4.69) is 6.07 Å². The van der Waals surface area contributed by atoms with Crippen LogP contribution in [0.15, 0.2) is 48.5 Å². The second kappa shape index (κ2) is 4.00. The van der Waals surface area contributed by atoms with Crippen LogP contribution in [0.2, 0.25) is 5.02 Å². The second-order valence-electron chi connectivity index (χ2n) is 4.69. The molecule has 0 aliphatic carbocycles. The summed E-state index contributed by atoms with van der Waals surface area (Å²) in [5.41, 5.74) is 2.67. The number of nitrogens with zero attached hydrogens (tertiary/aromatic N) is 1. The first-order valence-electron chi connectivity index (χ1n) is 6.21. The normalized spacial score (nSPS) is 11.6. The van der Waals surface area contributed by atoms with Crippen LogP contribution in [0, 0.1) is 11.3 Å². The molecule has 0 atom stereocenters. The van der Waals surface area contributed by atoms with Crippen LogP contribution in [0.5, 0.6) is 11.5 Å². The zero-order valence-corrected chi connectivity index (χ0v) is 11.1. The molecule has 0 saturated carbocycles. The number of rotatable bonds is 0. The molecular weight excluding hydrogens is 270 g/mol. The summed E-state index contributed by atoms with van der Waals surface area (Å²) in [6.45, 7) is 0. The predicted molar refractivity (Wildman–Crippen MR) is 79.2 cm³/mol. The van der Waals surface area contributed by atoms with Gasteiger partial charge in [-0.1, -0.05) is 29.8 Å². The molecule has 0 fully saturated rings. The van der Waals surface area contributed by atoms with Gasteiger partial charge in [-0.2, -0.15) is 5.26 Å². The molecule has 94 valence electrons. The Bertz CT molecular complexity index is 909. The first kappa shape index (κ1) is 11.3. The van der Waals surface area contributed by atoms with Crippen molar-refractivity contribution in [1.82, 2.24) is 0 Å². The van der Waals surface area contributed by atoms with E-state index in [1.807, 2.05) is 42.5 Å². The van der Waals surface area contributed by atoms with Crippen LogP contribution >= 0.6 is 11.6 Å². The monoisotopic (exact) mass is 277 g/mol. The van der Waals surface area contributed by atoms with Crippen molar-refractivity contribution in [2.24, 2.45) is 0 Å². The first-order valence-corrected chi connectivity index (χ1v) is 6.59. The molecule has 0 spiro atoms. The minimum absolute atomic E-state index is 0.652. The van der Waals surface area contributed by atoms with Gasteiger partial charge in [-0.15, -0.1) is 0 Å². The van der Waals surface area contributed by atoms with E-state index in [0.717, 1.165) is 33.4 Å². The zero-order chi connectivity index (χ0) is 13.7. The average Bonchev–Trinajstić information content (AvgIpc) is 2.48. The maximum Gasteiger partial charge on any atom is 0.136 e. The summed E-state index contributed by atoms with van der Waals surface area (Å²) in [6.07, 6.45) is 0. The number of nitriles is 1. The predicted octanol–water partition coefficient (Wildman–Crippen LogP) is 5.14. The van der Waals surface area contributed by atoms with E-state index >= 15 is 0 Å². The number of benzene rings is 3. The molecular formula is C17H8ClNO. The summed E-state index contributed by atoms with van der Waals surface area (Å²) in [5.74, 6) is 1.57. The van der Waals surface area contributed by atoms with E-state index in [1.165, 1.54) is 0 Å². The lowest BCUT2D eigenvalue weighted by atomic mass is 9.93. The topological polar surface area (TPSA) is 33.0 Å². The molecule has 2 nitrogen and oxygen atoms in total. The van der Waals surface area contributed by atoms with E-state index < -0.39 is 0 Å². The molecule has 1 aliphatic rings. The molecule has 0 radical (unpaired) electrons. The van der Waals surface area contributed by atoms with E-state index in [-0.39, 0.29) is 0 Å². The highest BCUT2D eigenvalue weighted by molar-refractivity contribution is 6.31. The molecule has 4 rings (SSSR count). The fourth-order valence-corrected chi connectivity index (χ4v) is 2.87. The van der Waals surface area contributed by atoms with Crippen molar-refractivity contribution in [1.29, 1.82) is 5.26 Å². The average molecular weight is 278 g/mol. The Morgan fingerprint density at radius 2 is 1.80 bits per heavy atom. The van der Waals surface area contributed by atoms with Crippen LogP contribution in [0.3, 0.4) is 0 Å². The van der Waals surface area contributed by atoms with Crippen LogP contribution < -0.4 is 4.74 Å². The van der Waals surface area contributed by atoms with Gasteiger partial charge in [0.25, 0.3) is 0 Å². The molecule has 1 aliphatic heterocycles. The molecule has 0 unspecified atom stereocenters. The van der Waals surface area contributed by atoms with Crippen molar-refractivity contribution in [2.45, 2.75) is 0 Å². The van der Waals surface area contributed by atoms with Crippen LogP contribution in [0.4, 0.5) is 0 Å². The van der Waals surface area contributed by atoms with Gasteiger partial charge in [0.2, 0.25) is 0 Å². The summed E-state index contributed by atoms with van der Waals surface area (Å²) >= 11 is 6.09. The van der Waals surface area contributed by atoms with Crippen LogP contribution in [0.1, 0.15) is 5.56 Å². The third-order valence-electron chi connectivity index (χ3n) is 3.57.